The number of carbonyl (C=O) groups is 3. The molecule has 140 valence electrons. The van der Waals surface area contributed by atoms with E-state index < -0.39 is 6.03 Å². The van der Waals surface area contributed by atoms with Crippen molar-refractivity contribution >= 4 is 17.8 Å². The zero-order valence-electron chi connectivity index (χ0n) is 15.0. The Kier molecular flexibility index (Phi) is 4.35. The maximum atomic E-state index is 12.8. The van der Waals surface area contributed by atoms with E-state index in [1.807, 2.05) is 37.3 Å². The molecular weight excluding hydrogens is 348 g/mol. The predicted molar refractivity (Wildman–Crippen MR) is 94.5 cm³/mol. The molecule has 4 amide bonds. The van der Waals surface area contributed by atoms with Crippen LogP contribution in [0.15, 0.2) is 30.3 Å². The summed E-state index contributed by atoms with van der Waals surface area (Å²) < 4.78 is 2.07. The minimum atomic E-state index is -0.523. The molecule has 2 aliphatic rings. The van der Waals surface area contributed by atoms with Gasteiger partial charge in [-0.25, -0.2) is 4.79 Å². The lowest BCUT2D eigenvalue weighted by molar-refractivity contribution is -0.138. The molecule has 0 aliphatic carbocycles. The molecule has 1 aromatic carbocycles. The fraction of sp³-hybridized carbons (Fsp3) is 0.389. The summed E-state index contributed by atoms with van der Waals surface area (Å²) in [4.78, 5) is 38.8. The van der Waals surface area contributed by atoms with E-state index in [0.717, 1.165) is 22.7 Å². The van der Waals surface area contributed by atoms with Gasteiger partial charge < -0.3 is 14.8 Å². The van der Waals surface area contributed by atoms with Gasteiger partial charge in [0, 0.05) is 6.54 Å². The number of rotatable bonds is 4. The van der Waals surface area contributed by atoms with E-state index in [1.54, 1.807) is 4.90 Å². The average molecular weight is 368 g/mol. The van der Waals surface area contributed by atoms with Crippen LogP contribution in [0.4, 0.5) is 4.79 Å². The third kappa shape index (κ3) is 3.27. The van der Waals surface area contributed by atoms with E-state index in [0.29, 0.717) is 18.9 Å². The molecule has 0 saturated carbocycles. The molecule has 0 radical (unpaired) electrons. The third-order valence-corrected chi connectivity index (χ3v) is 4.96. The Labute approximate surface area is 156 Å². The largest absolute Gasteiger partial charge is 0.331 e. The molecule has 9 nitrogen and oxygen atoms in total. The van der Waals surface area contributed by atoms with Gasteiger partial charge in [-0.05, 0) is 18.9 Å². The van der Waals surface area contributed by atoms with Crippen molar-refractivity contribution in [2.24, 2.45) is 0 Å². The number of aryl methyl sites for hydroxylation is 1. The third-order valence-electron chi connectivity index (χ3n) is 4.96. The second kappa shape index (κ2) is 6.82. The van der Waals surface area contributed by atoms with Crippen molar-refractivity contribution in [1.29, 1.82) is 0 Å². The van der Waals surface area contributed by atoms with Crippen LogP contribution >= 0.6 is 0 Å². The second-order valence-corrected chi connectivity index (χ2v) is 6.79. The van der Waals surface area contributed by atoms with Gasteiger partial charge in [-0.3, -0.25) is 14.5 Å². The van der Waals surface area contributed by atoms with E-state index in [4.69, 9.17) is 0 Å². The Morgan fingerprint density at radius 2 is 2.00 bits per heavy atom. The highest BCUT2D eigenvalue weighted by Gasteiger charge is 2.35. The molecule has 2 aliphatic heterocycles. The molecule has 0 bridgehead atoms. The Morgan fingerprint density at radius 3 is 2.70 bits per heavy atom. The topological polar surface area (TPSA) is 100 Å². The minimum absolute atomic E-state index is 0.00166. The van der Waals surface area contributed by atoms with Crippen LogP contribution in [0.3, 0.4) is 0 Å². The van der Waals surface area contributed by atoms with Crippen LogP contribution in [-0.2, 0) is 22.6 Å². The molecule has 1 saturated heterocycles. The fourth-order valence-corrected chi connectivity index (χ4v) is 3.65. The lowest BCUT2D eigenvalue weighted by Gasteiger charge is -2.35. The molecule has 0 spiro atoms. The smallest absolute Gasteiger partial charge is 0.325 e. The van der Waals surface area contributed by atoms with Gasteiger partial charge >= 0.3 is 6.03 Å². The Morgan fingerprint density at radius 1 is 1.22 bits per heavy atom. The Balaban J connectivity index is 1.54. The monoisotopic (exact) mass is 368 g/mol. The van der Waals surface area contributed by atoms with Crippen LogP contribution in [-0.4, -0.2) is 62.0 Å². The first-order valence-electron chi connectivity index (χ1n) is 8.83. The molecule has 1 aromatic heterocycles. The average Bonchev–Trinajstić information content (AvgIpc) is 3.19. The molecule has 1 fully saturated rings. The van der Waals surface area contributed by atoms with E-state index in [1.165, 1.54) is 0 Å². The van der Waals surface area contributed by atoms with Crippen molar-refractivity contribution in [3.63, 3.8) is 0 Å². The number of hydrogen-bond donors (Lipinski definition) is 1. The standard InChI is InChI=1S/C18H20N6O3/c1-12-20-21-15-10-22(17(26)11-23-16(25)8-19-18(23)27)9-14(24(12)15)7-13-5-3-2-4-6-13/h2-6,14H,7-11H2,1H3,(H,19,27)/t14-/m1/s1. The highest BCUT2D eigenvalue weighted by atomic mass is 16.2. The van der Waals surface area contributed by atoms with Crippen LogP contribution in [0.1, 0.15) is 23.3 Å². The van der Waals surface area contributed by atoms with E-state index in [9.17, 15) is 14.4 Å². The highest BCUT2D eigenvalue weighted by molar-refractivity contribution is 6.04. The summed E-state index contributed by atoms with van der Waals surface area (Å²) in [6.45, 7) is 2.38. The zero-order chi connectivity index (χ0) is 19.0. The number of nitrogens with one attached hydrogen (secondary N) is 1. The van der Waals surface area contributed by atoms with Crippen LogP contribution in [0, 0.1) is 6.92 Å². The van der Waals surface area contributed by atoms with E-state index in [2.05, 4.69) is 20.1 Å². The quantitative estimate of drug-likeness (QED) is 0.781. The summed E-state index contributed by atoms with van der Waals surface area (Å²) in [5.41, 5.74) is 1.16. The van der Waals surface area contributed by atoms with Crippen molar-refractivity contribution in [3.8, 4) is 0 Å². The van der Waals surface area contributed by atoms with Gasteiger partial charge in [0.05, 0.1) is 19.1 Å². The van der Waals surface area contributed by atoms with Crippen LogP contribution < -0.4 is 5.32 Å². The molecule has 27 heavy (non-hydrogen) atoms. The number of fused-ring (bicyclic) bond motifs is 1. The minimum Gasteiger partial charge on any atom is -0.331 e. The van der Waals surface area contributed by atoms with Gasteiger partial charge in [-0.2, -0.15) is 0 Å². The van der Waals surface area contributed by atoms with Crippen molar-refractivity contribution in [3.05, 3.63) is 47.5 Å². The maximum Gasteiger partial charge on any atom is 0.325 e. The van der Waals surface area contributed by atoms with Gasteiger partial charge in [-0.15, -0.1) is 10.2 Å². The lowest BCUT2D eigenvalue weighted by atomic mass is 10.0. The summed E-state index contributed by atoms with van der Waals surface area (Å²) >= 11 is 0. The van der Waals surface area contributed by atoms with Crippen LogP contribution in [0.25, 0.3) is 0 Å². The first-order chi connectivity index (χ1) is 13.0. The molecule has 2 aromatic rings. The maximum absolute atomic E-state index is 12.8. The number of aromatic nitrogens is 3. The Bertz CT molecular complexity index is 878. The molecule has 9 heteroatoms. The molecule has 1 N–H and O–H groups in total. The first kappa shape index (κ1) is 17.2. The number of benzene rings is 1. The summed E-state index contributed by atoms with van der Waals surface area (Å²) in [5, 5.41) is 10.8. The molecule has 0 unspecified atom stereocenters. The van der Waals surface area contributed by atoms with Gasteiger partial charge in [0.25, 0.3) is 5.91 Å². The van der Waals surface area contributed by atoms with Gasteiger partial charge in [0.1, 0.15) is 12.4 Å². The lowest BCUT2D eigenvalue weighted by Crippen LogP contribution is -2.47. The number of imide groups is 1. The Hall–Kier alpha value is -3.23. The van der Waals surface area contributed by atoms with Crippen molar-refractivity contribution in [1.82, 2.24) is 29.9 Å². The van der Waals surface area contributed by atoms with E-state index >= 15 is 0 Å². The summed E-state index contributed by atoms with van der Waals surface area (Å²) in [7, 11) is 0. The molecular formula is C18H20N6O3. The normalized spacial score (nSPS) is 19.2. The predicted octanol–water partition coefficient (Wildman–Crippen LogP) is 0.264. The van der Waals surface area contributed by atoms with Gasteiger partial charge in [0.2, 0.25) is 5.91 Å². The molecule has 1 atom stereocenters. The SMILES string of the molecule is Cc1nnc2n1[C@H](Cc1ccccc1)CN(C(=O)CN1C(=O)CNC1=O)C2. The second-order valence-electron chi connectivity index (χ2n) is 6.79. The number of urea groups is 1. The van der Waals surface area contributed by atoms with Crippen molar-refractivity contribution in [2.45, 2.75) is 25.9 Å². The van der Waals surface area contributed by atoms with Crippen molar-refractivity contribution < 1.29 is 14.4 Å². The fourth-order valence-electron chi connectivity index (χ4n) is 3.65. The molecule has 3 heterocycles. The number of hydrogen-bond acceptors (Lipinski definition) is 5. The first-order valence-corrected chi connectivity index (χ1v) is 8.83. The number of amides is 4. The highest BCUT2D eigenvalue weighted by Crippen LogP contribution is 2.25. The zero-order valence-corrected chi connectivity index (χ0v) is 15.0. The summed E-state index contributed by atoms with van der Waals surface area (Å²) in [6, 6.07) is 9.51. The molecule has 4 rings (SSSR count). The van der Waals surface area contributed by atoms with Gasteiger partial charge in [0.15, 0.2) is 5.82 Å². The summed E-state index contributed by atoms with van der Waals surface area (Å²) in [5.74, 6) is 0.868. The van der Waals surface area contributed by atoms with Crippen LogP contribution in [0.2, 0.25) is 0 Å². The van der Waals surface area contributed by atoms with Crippen LogP contribution in [0.5, 0.6) is 0 Å². The van der Waals surface area contributed by atoms with Crippen molar-refractivity contribution in [2.75, 3.05) is 19.6 Å². The van der Waals surface area contributed by atoms with Gasteiger partial charge in [-0.1, -0.05) is 30.3 Å². The van der Waals surface area contributed by atoms with E-state index in [-0.39, 0.29) is 30.9 Å². The number of nitrogens with zero attached hydrogens (tertiary/aromatic N) is 5. The number of carbonyl (C=O) groups excluding carboxylic acids is 3. The summed E-state index contributed by atoms with van der Waals surface area (Å²) in [6.07, 6.45) is 0.736.